The van der Waals surface area contributed by atoms with Crippen molar-refractivity contribution in [1.29, 1.82) is 0 Å². The molecule has 2 aromatic rings. The third-order valence-electron chi connectivity index (χ3n) is 4.55. The summed E-state index contributed by atoms with van der Waals surface area (Å²) in [6.45, 7) is 3.57. The number of methoxy groups -OCH3 is 1. The molecule has 0 unspecified atom stereocenters. The smallest absolute Gasteiger partial charge is 0.231 e. The summed E-state index contributed by atoms with van der Waals surface area (Å²) in [5.74, 6) is 3.08. The molecule has 0 fully saturated rings. The first-order valence-electron chi connectivity index (χ1n) is 8.05. The molecule has 0 aromatic heterocycles. The van der Waals surface area contributed by atoms with E-state index in [-0.39, 0.29) is 18.5 Å². The van der Waals surface area contributed by atoms with Gasteiger partial charge in [0.25, 0.3) is 0 Å². The minimum atomic E-state index is -0.245. The lowest BCUT2D eigenvalue weighted by Gasteiger charge is -2.29. The molecule has 0 saturated heterocycles. The standard InChI is InChI=1S/C20H18O5/c1-11(21)19-12(2)25-16-9-18-17(23-10-24-18)8-15(16)20(19)13-5-4-6-14(7-13)22-3/h4-9,20H,10H2,1-3H3/t20-/m0/s1. The number of Topliss-reactive ketones (excluding diaryl/α,β-unsaturated/α-hetero) is 1. The number of carbonyl (C=O) groups excluding carboxylic acids is 1. The molecule has 128 valence electrons. The SMILES string of the molecule is COc1cccc([C@@H]2C(C(C)=O)=C(C)Oc3cc4c(cc32)OCO4)c1. The van der Waals surface area contributed by atoms with Crippen LogP contribution in [0.25, 0.3) is 0 Å². The number of ketones is 1. The summed E-state index contributed by atoms with van der Waals surface area (Å²) in [6, 6.07) is 11.5. The first-order valence-corrected chi connectivity index (χ1v) is 8.05. The van der Waals surface area contributed by atoms with Crippen molar-refractivity contribution in [2.45, 2.75) is 19.8 Å². The van der Waals surface area contributed by atoms with Crippen LogP contribution in [0, 0.1) is 0 Å². The van der Waals surface area contributed by atoms with Gasteiger partial charge in [0.2, 0.25) is 6.79 Å². The highest BCUT2D eigenvalue weighted by atomic mass is 16.7. The van der Waals surface area contributed by atoms with Crippen molar-refractivity contribution in [3.63, 3.8) is 0 Å². The van der Waals surface area contributed by atoms with Crippen LogP contribution in [-0.2, 0) is 4.79 Å². The fourth-order valence-corrected chi connectivity index (χ4v) is 3.45. The van der Waals surface area contributed by atoms with Crippen molar-refractivity contribution < 1.29 is 23.7 Å². The zero-order valence-corrected chi connectivity index (χ0v) is 14.3. The Bertz CT molecular complexity index is 897. The second kappa shape index (κ2) is 5.84. The Balaban J connectivity index is 1.93. The predicted octanol–water partition coefficient (Wildman–Crippen LogP) is 3.81. The predicted molar refractivity (Wildman–Crippen MR) is 91.4 cm³/mol. The van der Waals surface area contributed by atoms with E-state index in [1.165, 1.54) is 0 Å². The summed E-state index contributed by atoms with van der Waals surface area (Å²) in [6.07, 6.45) is 0. The molecular formula is C20H18O5. The van der Waals surface area contributed by atoms with Gasteiger partial charge in [-0.2, -0.15) is 0 Å². The Kier molecular flexibility index (Phi) is 3.64. The summed E-state index contributed by atoms with van der Waals surface area (Å²) in [4.78, 5) is 12.4. The van der Waals surface area contributed by atoms with Gasteiger partial charge in [-0.25, -0.2) is 0 Å². The van der Waals surface area contributed by atoms with E-state index < -0.39 is 0 Å². The van der Waals surface area contributed by atoms with Gasteiger partial charge in [0.05, 0.1) is 7.11 Å². The number of benzene rings is 2. The average molecular weight is 338 g/mol. The van der Waals surface area contributed by atoms with Crippen LogP contribution in [0.3, 0.4) is 0 Å². The van der Waals surface area contributed by atoms with Gasteiger partial charge in [-0.3, -0.25) is 4.79 Å². The van der Waals surface area contributed by atoms with Gasteiger partial charge in [0, 0.05) is 23.1 Å². The first kappa shape index (κ1) is 15.6. The molecule has 25 heavy (non-hydrogen) atoms. The highest BCUT2D eigenvalue weighted by Crippen LogP contribution is 2.49. The largest absolute Gasteiger partial charge is 0.497 e. The Morgan fingerprint density at radius 2 is 1.88 bits per heavy atom. The molecule has 0 spiro atoms. The minimum absolute atomic E-state index is 0.0198. The first-order chi connectivity index (χ1) is 12.1. The second-order valence-corrected chi connectivity index (χ2v) is 6.08. The third-order valence-corrected chi connectivity index (χ3v) is 4.55. The molecule has 2 aromatic carbocycles. The van der Waals surface area contributed by atoms with Crippen molar-refractivity contribution in [2.75, 3.05) is 13.9 Å². The quantitative estimate of drug-likeness (QED) is 0.852. The highest BCUT2D eigenvalue weighted by Gasteiger charge is 2.34. The molecule has 0 aliphatic carbocycles. The lowest BCUT2D eigenvalue weighted by atomic mass is 9.80. The molecule has 2 aliphatic heterocycles. The van der Waals surface area contributed by atoms with Crippen LogP contribution in [0.5, 0.6) is 23.0 Å². The Morgan fingerprint density at radius 3 is 2.60 bits per heavy atom. The molecular weight excluding hydrogens is 320 g/mol. The number of ether oxygens (including phenoxy) is 4. The monoisotopic (exact) mass is 338 g/mol. The number of hydrogen-bond donors (Lipinski definition) is 0. The Morgan fingerprint density at radius 1 is 1.12 bits per heavy atom. The number of rotatable bonds is 3. The van der Waals surface area contributed by atoms with Gasteiger partial charge in [-0.1, -0.05) is 12.1 Å². The van der Waals surface area contributed by atoms with Crippen molar-refractivity contribution in [2.24, 2.45) is 0 Å². The van der Waals surface area contributed by atoms with Crippen molar-refractivity contribution in [1.82, 2.24) is 0 Å². The van der Waals surface area contributed by atoms with E-state index >= 15 is 0 Å². The summed E-state index contributed by atoms with van der Waals surface area (Å²) < 4.78 is 22.2. The van der Waals surface area contributed by atoms with Gasteiger partial charge in [0.1, 0.15) is 17.3 Å². The van der Waals surface area contributed by atoms with Gasteiger partial charge in [0.15, 0.2) is 17.3 Å². The summed E-state index contributed by atoms with van der Waals surface area (Å²) in [5.41, 5.74) is 2.49. The Labute approximate surface area is 145 Å². The van der Waals surface area contributed by atoms with Crippen LogP contribution in [0.15, 0.2) is 47.7 Å². The van der Waals surface area contributed by atoms with Gasteiger partial charge < -0.3 is 18.9 Å². The number of hydrogen-bond acceptors (Lipinski definition) is 5. The van der Waals surface area contributed by atoms with Crippen molar-refractivity contribution >= 4 is 5.78 Å². The van der Waals surface area contributed by atoms with E-state index in [1.807, 2.05) is 43.3 Å². The lowest BCUT2D eigenvalue weighted by molar-refractivity contribution is -0.114. The van der Waals surface area contributed by atoms with Crippen LogP contribution in [0.2, 0.25) is 0 Å². The van der Waals surface area contributed by atoms with Crippen LogP contribution >= 0.6 is 0 Å². The van der Waals surface area contributed by atoms with Crippen LogP contribution in [-0.4, -0.2) is 19.7 Å². The molecule has 0 bridgehead atoms. The van der Waals surface area contributed by atoms with Crippen LogP contribution in [0.1, 0.15) is 30.9 Å². The van der Waals surface area contributed by atoms with E-state index in [4.69, 9.17) is 18.9 Å². The highest BCUT2D eigenvalue weighted by molar-refractivity contribution is 5.97. The number of carbonyl (C=O) groups is 1. The molecule has 2 aliphatic rings. The van der Waals surface area contributed by atoms with Gasteiger partial charge in [-0.15, -0.1) is 0 Å². The van der Waals surface area contributed by atoms with Crippen molar-refractivity contribution in [3.8, 4) is 23.0 Å². The van der Waals surface area contributed by atoms with E-state index in [0.717, 1.165) is 16.9 Å². The molecule has 1 atom stereocenters. The second-order valence-electron chi connectivity index (χ2n) is 6.08. The number of fused-ring (bicyclic) bond motifs is 2. The topological polar surface area (TPSA) is 54.0 Å². The maximum Gasteiger partial charge on any atom is 0.231 e. The fourth-order valence-electron chi connectivity index (χ4n) is 3.45. The third kappa shape index (κ3) is 2.52. The molecule has 2 heterocycles. The molecule has 5 heteroatoms. The lowest BCUT2D eigenvalue weighted by Crippen LogP contribution is -2.20. The summed E-state index contributed by atoms with van der Waals surface area (Å²) >= 11 is 0. The molecule has 0 radical (unpaired) electrons. The van der Waals surface area contributed by atoms with E-state index in [1.54, 1.807) is 14.0 Å². The van der Waals surface area contributed by atoms with E-state index in [9.17, 15) is 4.79 Å². The van der Waals surface area contributed by atoms with Gasteiger partial charge in [-0.05, 0) is 37.6 Å². The molecule has 4 rings (SSSR count). The number of allylic oxidation sites excluding steroid dienone is 2. The maximum absolute atomic E-state index is 12.4. The molecule has 5 nitrogen and oxygen atoms in total. The normalized spacial score (nSPS) is 17.8. The zero-order valence-electron chi connectivity index (χ0n) is 14.3. The summed E-state index contributed by atoms with van der Waals surface area (Å²) in [7, 11) is 1.63. The van der Waals surface area contributed by atoms with E-state index in [2.05, 4.69) is 0 Å². The van der Waals surface area contributed by atoms with Gasteiger partial charge >= 0.3 is 0 Å². The molecule has 0 saturated carbocycles. The van der Waals surface area contributed by atoms with Crippen LogP contribution < -0.4 is 18.9 Å². The Hall–Kier alpha value is -2.95. The molecule has 0 amide bonds. The molecule has 0 N–H and O–H groups in total. The maximum atomic E-state index is 12.4. The van der Waals surface area contributed by atoms with E-state index in [0.29, 0.717) is 28.6 Å². The van der Waals surface area contributed by atoms with Crippen molar-refractivity contribution in [3.05, 3.63) is 58.9 Å². The average Bonchev–Trinajstić information content (AvgIpc) is 3.05. The zero-order chi connectivity index (χ0) is 17.6. The fraction of sp³-hybridized carbons (Fsp3) is 0.250. The van der Waals surface area contributed by atoms with Crippen LogP contribution in [0.4, 0.5) is 0 Å². The minimum Gasteiger partial charge on any atom is -0.497 e. The summed E-state index contributed by atoms with van der Waals surface area (Å²) in [5, 5.41) is 0.